The Balaban J connectivity index is 1.74. The lowest BCUT2D eigenvalue weighted by atomic mass is 10.2. The van der Waals surface area contributed by atoms with Crippen LogP contribution in [-0.4, -0.2) is 23.0 Å². The highest BCUT2D eigenvalue weighted by atomic mass is 79.9. The Labute approximate surface area is 202 Å². The summed E-state index contributed by atoms with van der Waals surface area (Å²) >= 11 is 9.62. The average molecular weight is 531 g/mol. The minimum Gasteiger partial charge on any atom is -0.493 e. The predicted molar refractivity (Wildman–Crippen MR) is 130 cm³/mol. The van der Waals surface area contributed by atoms with Crippen LogP contribution >= 0.6 is 27.5 Å². The van der Waals surface area contributed by atoms with Gasteiger partial charge in [0.05, 0.1) is 24.2 Å². The number of ether oxygens (including phenoxy) is 2. The van der Waals surface area contributed by atoms with Crippen LogP contribution in [0.1, 0.15) is 17.0 Å². The Morgan fingerprint density at radius 3 is 2.79 bits per heavy atom. The summed E-state index contributed by atoms with van der Waals surface area (Å²) in [5, 5.41) is 5.18. The number of methoxy groups -OCH3 is 1. The molecule has 0 amide bonds. The quantitative estimate of drug-likeness (QED) is 0.299. The van der Waals surface area contributed by atoms with Crippen molar-refractivity contribution in [2.24, 2.45) is 5.10 Å². The molecule has 0 aliphatic heterocycles. The summed E-state index contributed by atoms with van der Waals surface area (Å²) in [5.41, 5.74) is 1.39. The molecule has 33 heavy (non-hydrogen) atoms. The van der Waals surface area contributed by atoms with Gasteiger partial charge in [0.1, 0.15) is 18.2 Å². The van der Waals surface area contributed by atoms with Gasteiger partial charge in [-0.3, -0.25) is 4.79 Å². The summed E-state index contributed by atoms with van der Waals surface area (Å²) in [7, 11) is 1.49. The number of aromatic nitrogens is 2. The number of hydrogen-bond donors (Lipinski definition) is 0. The molecule has 0 aliphatic carbocycles. The number of benzene rings is 3. The topological polar surface area (TPSA) is 65.7 Å². The van der Waals surface area contributed by atoms with E-state index in [0.717, 1.165) is 4.47 Å². The van der Waals surface area contributed by atoms with E-state index in [1.807, 2.05) is 6.07 Å². The average Bonchev–Trinajstić information content (AvgIpc) is 2.78. The van der Waals surface area contributed by atoms with E-state index in [4.69, 9.17) is 21.1 Å². The fraction of sp³-hybridized carbons (Fsp3) is 0.125. The van der Waals surface area contributed by atoms with Crippen LogP contribution in [0, 0.1) is 12.7 Å². The van der Waals surface area contributed by atoms with Crippen molar-refractivity contribution < 1.29 is 13.9 Å². The normalized spacial score (nSPS) is 11.3. The van der Waals surface area contributed by atoms with Crippen molar-refractivity contribution in [1.29, 1.82) is 0 Å². The Bertz CT molecular complexity index is 1440. The molecule has 168 valence electrons. The predicted octanol–water partition coefficient (Wildman–Crippen LogP) is 5.73. The summed E-state index contributed by atoms with van der Waals surface area (Å²) in [4.78, 5) is 17.5. The fourth-order valence-electron chi connectivity index (χ4n) is 3.29. The summed E-state index contributed by atoms with van der Waals surface area (Å²) < 4.78 is 26.9. The Kier molecular flexibility index (Phi) is 6.76. The van der Waals surface area contributed by atoms with Gasteiger partial charge in [-0.2, -0.15) is 9.78 Å². The van der Waals surface area contributed by atoms with E-state index < -0.39 is 0 Å². The SMILES string of the molecule is COc1cc(Cl)cc(C=Nn2c(C)nc3ccc(Br)cc3c2=O)c1OCc1cccc(F)c1. The highest BCUT2D eigenvalue weighted by Gasteiger charge is 2.14. The summed E-state index contributed by atoms with van der Waals surface area (Å²) in [6.07, 6.45) is 1.45. The summed E-state index contributed by atoms with van der Waals surface area (Å²) in [6.45, 7) is 1.79. The molecule has 0 saturated carbocycles. The number of nitrogens with zero attached hydrogens (tertiary/aromatic N) is 3. The molecule has 3 aromatic carbocycles. The Morgan fingerprint density at radius 1 is 1.21 bits per heavy atom. The van der Waals surface area contributed by atoms with Crippen LogP contribution in [0.5, 0.6) is 11.5 Å². The molecule has 6 nitrogen and oxygen atoms in total. The van der Waals surface area contributed by atoms with Crippen LogP contribution in [0.15, 0.2) is 69.0 Å². The molecule has 9 heteroatoms. The molecule has 0 spiro atoms. The van der Waals surface area contributed by atoms with E-state index in [0.29, 0.717) is 44.4 Å². The molecule has 0 atom stereocenters. The molecule has 1 aromatic heterocycles. The van der Waals surface area contributed by atoms with Gasteiger partial charge < -0.3 is 9.47 Å². The highest BCUT2D eigenvalue weighted by molar-refractivity contribution is 9.10. The van der Waals surface area contributed by atoms with E-state index in [1.165, 1.54) is 30.1 Å². The molecular formula is C24H18BrClFN3O3. The fourth-order valence-corrected chi connectivity index (χ4v) is 3.87. The standard InChI is InChI=1S/C24H18BrClFN3O3/c1-14-29-21-7-6-17(25)10-20(21)24(31)30(14)28-12-16-9-18(26)11-22(32-2)23(16)33-13-15-4-3-5-19(27)8-15/h3-12H,13H2,1-2H3. The van der Waals surface area contributed by atoms with E-state index in [-0.39, 0.29) is 18.0 Å². The van der Waals surface area contributed by atoms with Crippen molar-refractivity contribution in [2.45, 2.75) is 13.5 Å². The number of hydrogen-bond acceptors (Lipinski definition) is 5. The zero-order valence-corrected chi connectivity index (χ0v) is 20.0. The van der Waals surface area contributed by atoms with Crippen molar-refractivity contribution in [3.63, 3.8) is 0 Å². The molecule has 0 bridgehead atoms. The first-order valence-corrected chi connectivity index (χ1v) is 11.0. The van der Waals surface area contributed by atoms with E-state index in [9.17, 15) is 9.18 Å². The van der Waals surface area contributed by atoms with Crippen LogP contribution < -0.4 is 15.0 Å². The van der Waals surface area contributed by atoms with Crippen LogP contribution in [-0.2, 0) is 6.61 Å². The van der Waals surface area contributed by atoms with Crippen LogP contribution in [0.25, 0.3) is 10.9 Å². The number of fused-ring (bicyclic) bond motifs is 1. The largest absolute Gasteiger partial charge is 0.493 e. The third-order valence-electron chi connectivity index (χ3n) is 4.82. The first kappa shape index (κ1) is 22.9. The molecule has 0 fully saturated rings. The van der Waals surface area contributed by atoms with Gasteiger partial charge in [0, 0.05) is 21.1 Å². The minimum absolute atomic E-state index is 0.0983. The molecule has 0 aliphatic rings. The second-order valence-corrected chi connectivity index (χ2v) is 8.48. The van der Waals surface area contributed by atoms with Crippen molar-refractivity contribution in [1.82, 2.24) is 9.66 Å². The monoisotopic (exact) mass is 529 g/mol. The Hall–Kier alpha value is -3.23. The smallest absolute Gasteiger partial charge is 0.282 e. The van der Waals surface area contributed by atoms with Gasteiger partial charge in [0.25, 0.3) is 5.56 Å². The lowest BCUT2D eigenvalue weighted by molar-refractivity contribution is 0.283. The van der Waals surface area contributed by atoms with Crippen LogP contribution in [0.2, 0.25) is 5.02 Å². The van der Waals surface area contributed by atoms with Gasteiger partial charge in [0.2, 0.25) is 0 Å². The first-order chi connectivity index (χ1) is 15.9. The lowest BCUT2D eigenvalue weighted by Crippen LogP contribution is -2.20. The molecule has 4 aromatic rings. The second-order valence-electron chi connectivity index (χ2n) is 7.13. The van der Waals surface area contributed by atoms with Gasteiger partial charge in [-0.15, -0.1) is 0 Å². The molecule has 4 rings (SSSR count). The van der Waals surface area contributed by atoms with Gasteiger partial charge >= 0.3 is 0 Å². The molecule has 1 heterocycles. The van der Waals surface area contributed by atoms with Gasteiger partial charge in [-0.1, -0.05) is 39.7 Å². The molecule has 0 saturated heterocycles. The van der Waals surface area contributed by atoms with Crippen molar-refractivity contribution in [3.8, 4) is 11.5 Å². The van der Waals surface area contributed by atoms with Crippen LogP contribution in [0.3, 0.4) is 0 Å². The van der Waals surface area contributed by atoms with Crippen molar-refractivity contribution in [2.75, 3.05) is 7.11 Å². The zero-order chi connectivity index (χ0) is 23.5. The molecule has 0 unspecified atom stereocenters. The minimum atomic E-state index is -0.355. The second kappa shape index (κ2) is 9.72. The lowest BCUT2D eigenvalue weighted by Gasteiger charge is -2.14. The molecule has 0 radical (unpaired) electrons. The maximum Gasteiger partial charge on any atom is 0.282 e. The van der Waals surface area contributed by atoms with Crippen molar-refractivity contribution in [3.05, 3.63) is 97.2 Å². The van der Waals surface area contributed by atoms with Gasteiger partial charge in [-0.25, -0.2) is 9.37 Å². The Morgan fingerprint density at radius 2 is 2.03 bits per heavy atom. The first-order valence-electron chi connectivity index (χ1n) is 9.84. The molecular weight excluding hydrogens is 513 g/mol. The van der Waals surface area contributed by atoms with Gasteiger partial charge in [-0.05, 0) is 48.9 Å². The van der Waals surface area contributed by atoms with E-state index >= 15 is 0 Å². The van der Waals surface area contributed by atoms with E-state index in [2.05, 4.69) is 26.0 Å². The zero-order valence-electron chi connectivity index (χ0n) is 17.7. The van der Waals surface area contributed by atoms with E-state index in [1.54, 1.807) is 43.3 Å². The van der Waals surface area contributed by atoms with Crippen molar-refractivity contribution >= 4 is 44.6 Å². The van der Waals surface area contributed by atoms with Crippen LogP contribution in [0.4, 0.5) is 4.39 Å². The number of halogens is 3. The third-order valence-corrected chi connectivity index (χ3v) is 5.53. The maximum atomic E-state index is 13.5. The maximum absolute atomic E-state index is 13.5. The summed E-state index contributed by atoms with van der Waals surface area (Å²) in [5.74, 6) is 0.802. The summed E-state index contributed by atoms with van der Waals surface area (Å²) in [6, 6.07) is 14.6. The number of aryl methyl sites for hydroxylation is 1. The molecule has 0 N–H and O–H groups in total. The number of rotatable bonds is 6. The third kappa shape index (κ3) is 5.07. The highest BCUT2D eigenvalue weighted by Crippen LogP contribution is 2.34. The van der Waals surface area contributed by atoms with Gasteiger partial charge in [0.15, 0.2) is 11.5 Å².